The minimum atomic E-state index is -1.80. The van der Waals surface area contributed by atoms with Crippen LogP contribution in [-0.2, 0) is 9.53 Å². The van der Waals surface area contributed by atoms with Gasteiger partial charge in [0, 0.05) is 0 Å². The molecule has 2 rings (SSSR count). The van der Waals surface area contributed by atoms with Crippen molar-refractivity contribution in [1.29, 1.82) is 0 Å². The SMILES string of the molecule is CC(C)(C)OC(=O)N[C@H](c1cccc2ccccc12)[C@@H](O)C(=O)O. The Balaban J connectivity index is 2.42. The number of amides is 1. The van der Waals surface area contributed by atoms with Crippen molar-refractivity contribution in [2.24, 2.45) is 0 Å². The van der Waals surface area contributed by atoms with Gasteiger partial charge in [-0.1, -0.05) is 42.5 Å². The highest BCUT2D eigenvalue weighted by Gasteiger charge is 2.31. The topological polar surface area (TPSA) is 95.9 Å². The van der Waals surface area contributed by atoms with Crippen LogP contribution in [0.4, 0.5) is 4.79 Å². The van der Waals surface area contributed by atoms with Gasteiger partial charge in [-0.25, -0.2) is 9.59 Å². The van der Waals surface area contributed by atoms with Gasteiger partial charge in [0.15, 0.2) is 6.10 Å². The summed E-state index contributed by atoms with van der Waals surface area (Å²) in [5, 5.41) is 23.4. The van der Waals surface area contributed by atoms with Gasteiger partial charge in [0.2, 0.25) is 0 Å². The van der Waals surface area contributed by atoms with Crippen molar-refractivity contribution in [3.05, 3.63) is 48.0 Å². The van der Waals surface area contributed by atoms with Crippen molar-refractivity contribution in [3.63, 3.8) is 0 Å². The van der Waals surface area contributed by atoms with E-state index in [0.717, 1.165) is 10.8 Å². The molecular formula is C18H21NO5. The van der Waals surface area contributed by atoms with Crippen molar-refractivity contribution in [2.45, 2.75) is 38.5 Å². The molecule has 0 aliphatic rings. The molecule has 0 aliphatic heterocycles. The van der Waals surface area contributed by atoms with E-state index in [1.807, 2.05) is 30.3 Å². The number of carbonyl (C=O) groups is 2. The molecule has 0 saturated carbocycles. The predicted octanol–water partition coefficient (Wildman–Crippen LogP) is 2.85. The molecule has 0 spiro atoms. The molecule has 128 valence electrons. The van der Waals surface area contributed by atoms with E-state index in [9.17, 15) is 19.8 Å². The van der Waals surface area contributed by atoms with Crippen molar-refractivity contribution >= 4 is 22.8 Å². The van der Waals surface area contributed by atoms with Gasteiger partial charge in [-0.3, -0.25) is 0 Å². The van der Waals surface area contributed by atoms with Gasteiger partial charge in [0.25, 0.3) is 0 Å². The highest BCUT2D eigenvalue weighted by atomic mass is 16.6. The van der Waals surface area contributed by atoms with Gasteiger partial charge in [0.05, 0.1) is 6.04 Å². The van der Waals surface area contributed by atoms with Crippen molar-refractivity contribution in [3.8, 4) is 0 Å². The van der Waals surface area contributed by atoms with Crippen LogP contribution in [0.2, 0.25) is 0 Å². The van der Waals surface area contributed by atoms with Crippen LogP contribution in [0, 0.1) is 0 Å². The lowest BCUT2D eigenvalue weighted by molar-refractivity contribution is -0.148. The smallest absolute Gasteiger partial charge is 0.408 e. The van der Waals surface area contributed by atoms with Gasteiger partial charge < -0.3 is 20.3 Å². The summed E-state index contributed by atoms with van der Waals surface area (Å²) in [4.78, 5) is 23.3. The third-order valence-electron chi connectivity index (χ3n) is 3.40. The maximum Gasteiger partial charge on any atom is 0.408 e. The predicted molar refractivity (Wildman–Crippen MR) is 89.7 cm³/mol. The van der Waals surface area contributed by atoms with Crippen LogP contribution in [0.25, 0.3) is 10.8 Å². The number of fused-ring (bicyclic) bond motifs is 1. The summed E-state index contributed by atoms with van der Waals surface area (Å²) in [6, 6.07) is 11.5. The average Bonchev–Trinajstić information content (AvgIpc) is 2.49. The highest BCUT2D eigenvalue weighted by molar-refractivity contribution is 5.87. The van der Waals surface area contributed by atoms with Crippen LogP contribution in [0.1, 0.15) is 32.4 Å². The number of ether oxygens (including phenoxy) is 1. The average molecular weight is 331 g/mol. The number of hydrogen-bond donors (Lipinski definition) is 3. The Bertz CT molecular complexity index is 745. The number of carbonyl (C=O) groups excluding carboxylic acids is 1. The Labute approximate surface area is 140 Å². The van der Waals surface area contributed by atoms with Crippen LogP contribution < -0.4 is 5.32 Å². The summed E-state index contributed by atoms with van der Waals surface area (Å²) >= 11 is 0. The molecule has 0 fully saturated rings. The quantitative estimate of drug-likeness (QED) is 0.800. The van der Waals surface area contributed by atoms with E-state index in [1.54, 1.807) is 32.9 Å². The zero-order valence-corrected chi connectivity index (χ0v) is 13.8. The number of hydrogen-bond acceptors (Lipinski definition) is 4. The van der Waals surface area contributed by atoms with Gasteiger partial charge >= 0.3 is 12.1 Å². The van der Waals surface area contributed by atoms with Gasteiger partial charge in [-0.05, 0) is 37.1 Å². The van der Waals surface area contributed by atoms with E-state index >= 15 is 0 Å². The van der Waals surface area contributed by atoms with Gasteiger partial charge in [0.1, 0.15) is 5.60 Å². The molecule has 6 nitrogen and oxygen atoms in total. The Morgan fingerprint density at radius 1 is 1.08 bits per heavy atom. The number of aliphatic hydroxyl groups is 1. The lowest BCUT2D eigenvalue weighted by atomic mass is 9.95. The number of carboxylic acids is 1. The fraction of sp³-hybridized carbons (Fsp3) is 0.333. The van der Waals surface area contributed by atoms with Crippen molar-refractivity contribution in [2.75, 3.05) is 0 Å². The molecule has 1 amide bonds. The Morgan fingerprint density at radius 3 is 2.33 bits per heavy atom. The summed E-state index contributed by atoms with van der Waals surface area (Å²) in [6.45, 7) is 5.10. The van der Waals surface area contributed by atoms with E-state index in [4.69, 9.17) is 4.74 Å². The Morgan fingerprint density at radius 2 is 1.71 bits per heavy atom. The summed E-state index contributed by atoms with van der Waals surface area (Å²) in [6.07, 6.45) is -2.59. The fourth-order valence-electron chi connectivity index (χ4n) is 2.43. The number of aliphatic carboxylic acids is 1. The second-order valence-electron chi connectivity index (χ2n) is 6.48. The minimum absolute atomic E-state index is 0.508. The molecule has 6 heteroatoms. The van der Waals surface area contributed by atoms with Crippen molar-refractivity contribution in [1.82, 2.24) is 5.32 Å². The van der Waals surface area contributed by atoms with Crippen LogP contribution in [0.15, 0.2) is 42.5 Å². The molecule has 0 aromatic heterocycles. The minimum Gasteiger partial charge on any atom is -0.479 e. The number of rotatable bonds is 4. The number of aliphatic hydroxyl groups excluding tert-OH is 1. The monoisotopic (exact) mass is 331 g/mol. The van der Waals surface area contributed by atoms with E-state index in [1.165, 1.54) is 0 Å². The Hall–Kier alpha value is -2.60. The molecule has 0 bridgehead atoms. The summed E-state index contributed by atoms with van der Waals surface area (Å²) < 4.78 is 5.18. The maximum atomic E-state index is 12.1. The van der Waals surface area contributed by atoms with E-state index in [0.29, 0.717) is 5.56 Å². The summed E-state index contributed by atoms with van der Waals surface area (Å²) in [7, 11) is 0. The van der Waals surface area contributed by atoms with E-state index in [-0.39, 0.29) is 0 Å². The largest absolute Gasteiger partial charge is 0.479 e. The van der Waals surface area contributed by atoms with Crippen LogP contribution in [0.5, 0.6) is 0 Å². The first-order valence-corrected chi connectivity index (χ1v) is 7.57. The van der Waals surface area contributed by atoms with E-state index < -0.39 is 29.8 Å². The zero-order chi connectivity index (χ0) is 17.9. The summed E-state index contributed by atoms with van der Waals surface area (Å²) in [5.74, 6) is -1.43. The van der Waals surface area contributed by atoms with Crippen LogP contribution >= 0.6 is 0 Å². The fourth-order valence-corrected chi connectivity index (χ4v) is 2.43. The first kappa shape index (κ1) is 17.7. The van der Waals surface area contributed by atoms with Crippen LogP contribution in [0.3, 0.4) is 0 Å². The Kier molecular flexibility index (Phi) is 5.09. The maximum absolute atomic E-state index is 12.1. The number of alkyl carbamates (subject to hydrolysis) is 1. The molecule has 0 aliphatic carbocycles. The van der Waals surface area contributed by atoms with Gasteiger partial charge in [-0.2, -0.15) is 0 Å². The molecule has 0 saturated heterocycles. The van der Waals surface area contributed by atoms with Crippen LogP contribution in [-0.4, -0.2) is 34.0 Å². The summed E-state index contributed by atoms with van der Waals surface area (Å²) in [5.41, 5.74) is -0.226. The second-order valence-corrected chi connectivity index (χ2v) is 6.48. The van der Waals surface area contributed by atoms with Gasteiger partial charge in [-0.15, -0.1) is 0 Å². The first-order valence-electron chi connectivity index (χ1n) is 7.57. The molecular weight excluding hydrogens is 310 g/mol. The molecule has 2 atom stereocenters. The van der Waals surface area contributed by atoms with E-state index in [2.05, 4.69) is 5.32 Å². The zero-order valence-electron chi connectivity index (χ0n) is 13.8. The molecule has 0 heterocycles. The highest BCUT2D eigenvalue weighted by Crippen LogP contribution is 2.27. The van der Waals surface area contributed by atoms with Crippen molar-refractivity contribution < 1.29 is 24.5 Å². The standard InChI is InChI=1S/C18H21NO5/c1-18(2,3)24-17(23)19-14(15(20)16(21)22)13-10-6-8-11-7-4-5-9-12(11)13/h4-10,14-15,20H,1-3H3,(H,19,23)(H,21,22)/t14-,15-/m1/s1. The third kappa shape index (κ3) is 4.23. The number of carboxylic acid groups (broad SMARTS) is 1. The lowest BCUT2D eigenvalue weighted by Crippen LogP contribution is -2.42. The molecule has 0 radical (unpaired) electrons. The molecule has 0 unspecified atom stereocenters. The molecule has 3 N–H and O–H groups in total. The molecule has 2 aromatic rings. The second kappa shape index (κ2) is 6.88. The lowest BCUT2D eigenvalue weighted by Gasteiger charge is -2.26. The third-order valence-corrected chi connectivity index (χ3v) is 3.40. The first-order chi connectivity index (χ1) is 11.2. The normalized spacial score (nSPS) is 14.0. The number of benzene rings is 2. The molecule has 24 heavy (non-hydrogen) atoms. The number of nitrogens with one attached hydrogen (secondary N) is 1. The molecule has 2 aromatic carbocycles.